The van der Waals surface area contributed by atoms with Gasteiger partial charge in [-0.1, -0.05) is 25.2 Å². The predicted octanol–water partition coefficient (Wildman–Crippen LogP) is 1.66. The Morgan fingerprint density at radius 1 is 1.70 bits per heavy atom. The van der Waals surface area contributed by atoms with E-state index < -0.39 is 6.17 Å². The quantitative estimate of drug-likeness (QED) is 0.595. The Labute approximate surface area is 61.4 Å². The van der Waals surface area contributed by atoms with Gasteiger partial charge in [0.15, 0.2) is 0 Å². The van der Waals surface area contributed by atoms with Crippen LogP contribution in [0.5, 0.6) is 0 Å². The van der Waals surface area contributed by atoms with Crippen molar-refractivity contribution in [2.45, 2.75) is 13.1 Å². The zero-order valence-electron chi connectivity index (χ0n) is 6.26. The molecule has 0 aliphatic heterocycles. The van der Waals surface area contributed by atoms with Crippen molar-refractivity contribution in [3.63, 3.8) is 0 Å². The van der Waals surface area contributed by atoms with E-state index in [0.29, 0.717) is 6.54 Å². The highest BCUT2D eigenvalue weighted by Crippen LogP contribution is 2.08. The molecule has 0 saturated heterocycles. The molecule has 0 aromatic heterocycles. The third-order valence-corrected chi connectivity index (χ3v) is 1.30. The molecule has 0 rings (SSSR count). The summed E-state index contributed by atoms with van der Waals surface area (Å²) in [7, 11) is 0. The summed E-state index contributed by atoms with van der Waals surface area (Å²) in [6, 6.07) is 0. The van der Waals surface area contributed by atoms with Gasteiger partial charge in [0.2, 0.25) is 0 Å². The van der Waals surface area contributed by atoms with Crippen molar-refractivity contribution in [1.29, 1.82) is 0 Å². The Morgan fingerprint density at radius 2 is 2.30 bits per heavy atom. The van der Waals surface area contributed by atoms with Crippen molar-refractivity contribution in [3.05, 3.63) is 24.8 Å². The second kappa shape index (κ2) is 5.18. The third kappa shape index (κ3) is 3.41. The highest BCUT2D eigenvalue weighted by molar-refractivity contribution is 4.95. The molecular formula is C8H14FN. The summed E-state index contributed by atoms with van der Waals surface area (Å²) in [5, 5.41) is 0. The number of hydrogen-bond donors (Lipinski definition) is 1. The summed E-state index contributed by atoms with van der Waals surface area (Å²) in [5.41, 5.74) is 5.18. The van der Waals surface area contributed by atoms with E-state index in [-0.39, 0.29) is 5.92 Å². The summed E-state index contributed by atoms with van der Waals surface area (Å²) in [4.78, 5) is 0. The van der Waals surface area contributed by atoms with E-state index in [0.717, 1.165) is 0 Å². The van der Waals surface area contributed by atoms with Crippen molar-refractivity contribution in [2.75, 3.05) is 6.54 Å². The molecule has 2 unspecified atom stereocenters. The minimum atomic E-state index is -0.956. The van der Waals surface area contributed by atoms with Gasteiger partial charge in [0, 0.05) is 12.5 Å². The first-order valence-corrected chi connectivity index (χ1v) is 3.35. The van der Waals surface area contributed by atoms with Gasteiger partial charge in [0.05, 0.1) is 0 Å². The fourth-order valence-electron chi connectivity index (χ4n) is 0.614. The fourth-order valence-corrected chi connectivity index (χ4v) is 0.614. The van der Waals surface area contributed by atoms with Gasteiger partial charge in [-0.05, 0) is 0 Å². The van der Waals surface area contributed by atoms with Gasteiger partial charge in [-0.2, -0.15) is 0 Å². The first kappa shape index (κ1) is 9.37. The SMILES string of the molecule is C=CC(F)C(C)/C=C/CN. The van der Waals surface area contributed by atoms with E-state index in [1.165, 1.54) is 6.08 Å². The van der Waals surface area contributed by atoms with E-state index in [1.807, 2.05) is 0 Å². The zero-order chi connectivity index (χ0) is 7.98. The molecule has 0 fully saturated rings. The fraction of sp³-hybridized carbons (Fsp3) is 0.500. The third-order valence-electron chi connectivity index (χ3n) is 1.30. The van der Waals surface area contributed by atoms with E-state index in [1.54, 1.807) is 19.1 Å². The molecule has 0 aromatic rings. The summed E-state index contributed by atoms with van der Waals surface area (Å²) >= 11 is 0. The van der Waals surface area contributed by atoms with Crippen molar-refractivity contribution in [3.8, 4) is 0 Å². The second-order valence-corrected chi connectivity index (χ2v) is 2.20. The molecule has 1 nitrogen and oxygen atoms in total. The lowest BCUT2D eigenvalue weighted by Crippen LogP contribution is -2.06. The molecule has 2 N–H and O–H groups in total. The molecule has 0 amide bonds. The van der Waals surface area contributed by atoms with Gasteiger partial charge in [-0.15, -0.1) is 6.58 Å². The van der Waals surface area contributed by atoms with Crippen LogP contribution in [0.1, 0.15) is 6.92 Å². The predicted molar refractivity (Wildman–Crippen MR) is 42.5 cm³/mol. The first-order valence-electron chi connectivity index (χ1n) is 3.35. The van der Waals surface area contributed by atoms with Crippen LogP contribution >= 0.6 is 0 Å². The van der Waals surface area contributed by atoms with Crippen LogP contribution in [0.15, 0.2) is 24.8 Å². The van der Waals surface area contributed by atoms with Crippen molar-refractivity contribution >= 4 is 0 Å². The highest BCUT2D eigenvalue weighted by atomic mass is 19.1. The van der Waals surface area contributed by atoms with Gasteiger partial charge in [-0.25, -0.2) is 4.39 Å². The van der Waals surface area contributed by atoms with Crippen LogP contribution in [0.2, 0.25) is 0 Å². The molecule has 2 heteroatoms. The molecule has 2 atom stereocenters. The van der Waals surface area contributed by atoms with E-state index in [4.69, 9.17) is 5.73 Å². The number of allylic oxidation sites excluding steroid dienone is 2. The minimum absolute atomic E-state index is 0.110. The summed E-state index contributed by atoms with van der Waals surface area (Å²) in [6.07, 6.45) is 3.85. The van der Waals surface area contributed by atoms with Crippen LogP contribution in [-0.2, 0) is 0 Å². The molecule has 0 aliphatic carbocycles. The Hall–Kier alpha value is -0.630. The van der Waals surface area contributed by atoms with Crippen LogP contribution in [0, 0.1) is 5.92 Å². The average Bonchev–Trinajstić information content (AvgIpc) is 1.98. The number of halogens is 1. The van der Waals surface area contributed by atoms with Crippen LogP contribution in [-0.4, -0.2) is 12.7 Å². The monoisotopic (exact) mass is 143 g/mol. The summed E-state index contributed by atoms with van der Waals surface area (Å²) in [5.74, 6) is -0.110. The van der Waals surface area contributed by atoms with Crippen LogP contribution < -0.4 is 5.73 Å². The molecule has 0 aromatic carbocycles. The topological polar surface area (TPSA) is 26.0 Å². The normalized spacial score (nSPS) is 17.1. The largest absolute Gasteiger partial charge is 0.327 e. The van der Waals surface area contributed by atoms with Crippen molar-refractivity contribution in [2.24, 2.45) is 11.7 Å². The smallest absolute Gasteiger partial charge is 0.124 e. The maximum atomic E-state index is 12.6. The minimum Gasteiger partial charge on any atom is -0.327 e. The Kier molecular flexibility index (Phi) is 4.85. The van der Waals surface area contributed by atoms with Crippen molar-refractivity contribution < 1.29 is 4.39 Å². The lowest BCUT2D eigenvalue weighted by Gasteiger charge is -2.06. The van der Waals surface area contributed by atoms with E-state index >= 15 is 0 Å². The van der Waals surface area contributed by atoms with E-state index in [9.17, 15) is 4.39 Å². The lowest BCUT2D eigenvalue weighted by molar-refractivity contribution is 0.337. The molecule has 10 heavy (non-hydrogen) atoms. The average molecular weight is 143 g/mol. The molecule has 58 valence electrons. The van der Waals surface area contributed by atoms with E-state index in [2.05, 4.69) is 6.58 Å². The number of hydrogen-bond acceptors (Lipinski definition) is 1. The van der Waals surface area contributed by atoms with Crippen LogP contribution in [0.4, 0.5) is 4.39 Å². The van der Waals surface area contributed by atoms with Gasteiger partial charge >= 0.3 is 0 Å². The van der Waals surface area contributed by atoms with Gasteiger partial charge in [0.25, 0.3) is 0 Å². The van der Waals surface area contributed by atoms with Crippen LogP contribution in [0.25, 0.3) is 0 Å². The first-order chi connectivity index (χ1) is 4.72. The number of rotatable bonds is 4. The molecule has 0 heterocycles. The zero-order valence-corrected chi connectivity index (χ0v) is 6.26. The maximum Gasteiger partial charge on any atom is 0.124 e. The molecule has 0 aliphatic rings. The summed E-state index contributed by atoms with van der Waals surface area (Å²) < 4.78 is 12.6. The summed E-state index contributed by atoms with van der Waals surface area (Å²) in [6.45, 7) is 5.61. The molecule has 0 bridgehead atoms. The molecule has 0 saturated carbocycles. The van der Waals surface area contributed by atoms with Gasteiger partial charge in [-0.3, -0.25) is 0 Å². The van der Waals surface area contributed by atoms with Gasteiger partial charge < -0.3 is 5.73 Å². The van der Waals surface area contributed by atoms with Gasteiger partial charge in [0.1, 0.15) is 6.17 Å². The van der Waals surface area contributed by atoms with Crippen molar-refractivity contribution in [1.82, 2.24) is 0 Å². The Bertz CT molecular complexity index is 120. The number of alkyl halides is 1. The molecule has 0 spiro atoms. The Morgan fingerprint density at radius 3 is 2.70 bits per heavy atom. The molecular weight excluding hydrogens is 129 g/mol. The number of nitrogens with two attached hydrogens (primary N) is 1. The maximum absolute atomic E-state index is 12.6. The van der Waals surface area contributed by atoms with Crippen LogP contribution in [0.3, 0.4) is 0 Å². The second-order valence-electron chi connectivity index (χ2n) is 2.20. The molecule has 0 radical (unpaired) electrons. The standard InChI is InChI=1S/C8H14FN/c1-3-8(9)7(2)5-4-6-10/h3-5,7-8H,1,6,10H2,2H3/b5-4+. The Balaban J connectivity index is 3.70. The lowest BCUT2D eigenvalue weighted by atomic mass is 10.1. The highest BCUT2D eigenvalue weighted by Gasteiger charge is 2.06.